The van der Waals surface area contributed by atoms with Crippen molar-refractivity contribution in [3.05, 3.63) is 41.0 Å². The lowest BCUT2D eigenvalue weighted by atomic mass is 9.75. The lowest BCUT2D eigenvalue weighted by Gasteiger charge is -2.36. The summed E-state index contributed by atoms with van der Waals surface area (Å²) in [6.07, 6.45) is 2.80. The van der Waals surface area contributed by atoms with E-state index >= 15 is 0 Å². The Morgan fingerprint density at radius 2 is 1.96 bits per heavy atom. The van der Waals surface area contributed by atoms with Crippen LogP contribution in [0, 0.1) is 17.6 Å². The molecule has 1 heterocycles. The topological polar surface area (TPSA) is 55.4 Å². The predicted molar refractivity (Wildman–Crippen MR) is 84.1 cm³/mol. The van der Waals surface area contributed by atoms with Gasteiger partial charge in [0.2, 0.25) is 0 Å². The van der Waals surface area contributed by atoms with Crippen molar-refractivity contribution in [2.75, 3.05) is 5.32 Å². The highest BCUT2D eigenvalue weighted by atomic mass is 19.1. The van der Waals surface area contributed by atoms with E-state index in [-0.39, 0.29) is 16.8 Å². The SMILES string of the molecule is CC1=C(C(=O)Nc2cc(F)ccc2F)C2(CCC(C)CC2)OC1=O. The van der Waals surface area contributed by atoms with Crippen molar-refractivity contribution in [3.8, 4) is 0 Å². The molecule has 6 heteroatoms. The van der Waals surface area contributed by atoms with Crippen LogP contribution >= 0.6 is 0 Å². The zero-order valence-electron chi connectivity index (χ0n) is 13.6. The van der Waals surface area contributed by atoms with Crippen molar-refractivity contribution >= 4 is 17.6 Å². The van der Waals surface area contributed by atoms with Crippen LogP contribution < -0.4 is 5.32 Å². The lowest BCUT2D eigenvalue weighted by Crippen LogP contribution is -2.40. The number of benzene rings is 1. The number of carbonyl (C=O) groups is 2. The van der Waals surface area contributed by atoms with E-state index in [4.69, 9.17) is 4.74 Å². The molecule has 0 radical (unpaired) electrons. The quantitative estimate of drug-likeness (QED) is 0.838. The van der Waals surface area contributed by atoms with Gasteiger partial charge in [-0.05, 0) is 50.7 Å². The lowest BCUT2D eigenvalue weighted by molar-refractivity contribution is -0.150. The van der Waals surface area contributed by atoms with Gasteiger partial charge in [-0.2, -0.15) is 0 Å². The summed E-state index contributed by atoms with van der Waals surface area (Å²) in [4.78, 5) is 24.7. The van der Waals surface area contributed by atoms with Crippen molar-refractivity contribution in [1.29, 1.82) is 0 Å². The number of ether oxygens (including phenoxy) is 1. The van der Waals surface area contributed by atoms with Gasteiger partial charge in [0.15, 0.2) is 0 Å². The van der Waals surface area contributed by atoms with Crippen LogP contribution in [0.5, 0.6) is 0 Å². The number of anilines is 1. The van der Waals surface area contributed by atoms with Crippen LogP contribution in [0.4, 0.5) is 14.5 Å². The standard InChI is InChI=1S/C18H19F2NO3/c1-10-5-7-18(8-6-10)15(11(2)17(23)24-18)16(22)21-14-9-12(19)3-4-13(14)20/h3-4,9-10H,5-8H2,1-2H3,(H,21,22). The Morgan fingerprint density at radius 3 is 2.62 bits per heavy atom. The highest BCUT2D eigenvalue weighted by molar-refractivity contribution is 6.12. The maximum absolute atomic E-state index is 13.8. The van der Waals surface area contributed by atoms with Gasteiger partial charge in [-0.25, -0.2) is 13.6 Å². The Hall–Kier alpha value is -2.24. The summed E-state index contributed by atoms with van der Waals surface area (Å²) in [5, 5.41) is 2.38. The summed E-state index contributed by atoms with van der Waals surface area (Å²) in [6.45, 7) is 3.65. The second-order valence-electron chi connectivity index (χ2n) is 6.64. The summed E-state index contributed by atoms with van der Waals surface area (Å²) in [7, 11) is 0. The smallest absolute Gasteiger partial charge is 0.335 e. The maximum atomic E-state index is 13.8. The molecule has 0 saturated heterocycles. The highest BCUT2D eigenvalue weighted by Crippen LogP contribution is 2.45. The molecule has 0 atom stereocenters. The Balaban J connectivity index is 1.91. The first-order chi connectivity index (χ1) is 11.3. The molecule has 0 bridgehead atoms. The molecule has 1 amide bonds. The first kappa shape index (κ1) is 16.6. The van der Waals surface area contributed by atoms with Crippen LogP contribution in [0.3, 0.4) is 0 Å². The van der Waals surface area contributed by atoms with Crippen LogP contribution in [0.1, 0.15) is 39.5 Å². The van der Waals surface area contributed by atoms with E-state index in [2.05, 4.69) is 12.2 Å². The van der Waals surface area contributed by atoms with E-state index in [1.165, 1.54) is 6.92 Å². The van der Waals surface area contributed by atoms with Gasteiger partial charge in [0, 0.05) is 11.6 Å². The van der Waals surface area contributed by atoms with Crippen molar-refractivity contribution in [1.82, 2.24) is 0 Å². The Bertz CT molecular complexity index is 734. The highest BCUT2D eigenvalue weighted by Gasteiger charge is 2.50. The second-order valence-corrected chi connectivity index (χ2v) is 6.64. The van der Waals surface area contributed by atoms with Gasteiger partial charge < -0.3 is 10.1 Å². The number of nitrogens with one attached hydrogen (secondary N) is 1. The third kappa shape index (κ3) is 2.81. The third-order valence-corrected chi connectivity index (χ3v) is 4.91. The molecule has 4 nitrogen and oxygen atoms in total. The first-order valence-corrected chi connectivity index (χ1v) is 8.03. The molecule has 1 aliphatic carbocycles. The molecular weight excluding hydrogens is 316 g/mol. The minimum Gasteiger partial charge on any atom is -0.451 e. The Morgan fingerprint density at radius 1 is 1.29 bits per heavy atom. The van der Waals surface area contributed by atoms with Crippen LogP contribution in [0.15, 0.2) is 29.3 Å². The average molecular weight is 335 g/mol. The van der Waals surface area contributed by atoms with Gasteiger partial charge in [0.1, 0.15) is 17.2 Å². The molecule has 0 aromatic heterocycles. The zero-order chi connectivity index (χ0) is 17.5. The van der Waals surface area contributed by atoms with E-state index < -0.39 is 29.1 Å². The molecular formula is C18H19F2NO3. The average Bonchev–Trinajstić information content (AvgIpc) is 2.77. The van der Waals surface area contributed by atoms with Crippen LogP contribution in [-0.2, 0) is 14.3 Å². The van der Waals surface area contributed by atoms with Crippen molar-refractivity contribution in [3.63, 3.8) is 0 Å². The van der Waals surface area contributed by atoms with Crippen molar-refractivity contribution < 1.29 is 23.1 Å². The van der Waals surface area contributed by atoms with Crippen LogP contribution in [-0.4, -0.2) is 17.5 Å². The van der Waals surface area contributed by atoms with Gasteiger partial charge >= 0.3 is 5.97 Å². The van der Waals surface area contributed by atoms with E-state index in [0.29, 0.717) is 18.8 Å². The van der Waals surface area contributed by atoms with Crippen LogP contribution in [0.25, 0.3) is 0 Å². The third-order valence-electron chi connectivity index (χ3n) is 4.91. The molecule has 128 valence electrons. The summed E-state index contributed by atoms with van der Waals surface area (Å²) in [6, 6.07) is 2.83. The Kier molecular flexibility index (Phi) is 4.15. The van der Waals surface area contributed by atoms with Gasteiger partial charge in [-0.15, -0.1) is 0 Å². The maximum Gasteiger partial charge on any atom is 0.335 e. The van der Waals surface area contributed by atoms with Crippen molar-refractivity contribution in [2.45, 2.75) is 45.1 Å². The number of esters is 1. The molecule has 1 saturated carbocycles. The number of hydrogen-bond acceptors (Lipinski definition) is 3. The van der Waals surface area contributed by atoms with Gasteiger partial charge in [0.05, 0.1) is 11.3 Å². The molecule has 1 fully saturated rings. The molecule has 1 aromatic rings. The summed E-state index contributed by atoms with van der Waals surface area (Å²) >= 11 is 0. The largest absolute Gasteiger partial charge is 0.451 e. The normalized spacial score (nSPS) is 26.7. The number of hydrogen-bond donors (Lipinski definition) is 1. The van der Waals surface area contributed by atoms with E-state index in [9.17, 15) is 18.4 Å². The van der Waals surface area contributed by atoms with E-state index in [0.717, 1.165) is 31.0 Å². The van der Waals surface area contributed by atoms with Gasteiger partial charge in [-0.1, -0.05) is 6.92 Å². The van der Waals surface area contributed by atoms with E-state index in [1.54, 1.807) is 0 Å². The van der Waals surface area contributed by atoms with Crippen molar-refractivity contribution in [2.24, 2.45) is 5.92 Å². The molecule has 1 N–H and O–H groups in total. The summed E-state index contributed by atoms with van der Waals surface area (Å²) in [5.41, 5.74) is -0.720. The fraction of sp³-hybridized carbons (Fsp3) is 0.444. The first-order valence-electron chi connectivity index (χ1n) is 8.03. The predicted octanol–water partition coefficient (Wildman–Crippen LogP) is 3.73. The monoisotopic (exact) mass is 335 g/mol. The number of halogens is 2. The number of carbonyl (C=O) groups excluding carboxylic acids is 2. The zero-order valence-corrected chi connectivity index (χ0v) is 13.6. The Labute approximate surface area is 138 Å². The molecule has 0 unspecified atom stereocenters. The summed E-state index contributed by atoms with van der Waals surface area (Å²) in [5.74, 6) is -2.02. The summed E-state index contributed by atoms with van der Waals surface area (Å²) < 4.78 is 32.6. The molecule has 3 rings (SSSR count). The minimum absolute atomic E-state index is 0.235. The molecule has 1 aliphatic heterocycles. The van der Waals surface area contributed by atoms with Gasteiger partial charge in [0.25, 0.3) is 5.91 Å². The molecule has 24 heavy (non-hydrogen) atoms. The number of amides is 1. The fourth-order valence-electron chi connectivity index (χ4n) is 3.48. The number of rotatable bonds is 2. The molecule has 2 aliphatic rings. The fourth-order valence-corrected chi connectivity index (χ4v) is 3.48. The molecule has 1 aromatic carbocycles. The van der Waals surface area contributed by atoms with E-state index in [1.807, 2.05) is 0 Å². The van der Waals surface area contributed by atoms with Crippen LogP contribution in [0.2, 0.25) is 0 Å². The minimum atomic E-state index is -0.943. The molecule has 1 spiro atoms. The second kappa shape index (κ2) is 6.00. The van der Waals surface area contributed by atoms with Gasteiger partial charge in [-0.3, -0.25) is 4.79 Å².